The molecule has 66 valence electrons. The Hall–Kier alpha value is -0.780. The summed E-state index contributed by atoms with van der Waals surface area (Å²) < 4.78 is 25.1. The summed E-state index contributed by atoms with van der Waals surface area (Å²) in [6.45, 7) is 0. The smallest absolute Gasteiger partial charge is 0.281 e. The number of alkyl halides is 2. The molecule has 6 heteroatoms. The van der Waals surface area contributed by atoms with E-state index in [9.17, 15) is 13.6 Å². The SMILES string of the molecule is Cn1cnc(C(F)F)c(Br)c1=O. The lowest BCUT2D eigenvalue weighted by Gasteiger charge is -2.02. The van der Waals surface area contributed by atoms with Crippen molar-refractivity contribution in [1.29, 1.82) is 0 Å². The Kier molecular flexibility index (Phi) is 2.56. The van der Waals surface area contributed by atoms with Gasteiger partial charge in [-0.3, -0.25) is 4.79 Å². The molecule has 1 aromatic rings. The fourth-order valence-corrected chi connectivity index (χ4v) is 1.23. The van der Waals surface area contributed by atoms with Crippen LogP contribution in [-0.2, 0) is 7.05 Å². The van der Waals surface area contributed by atoms with Crippen LogP contribution >= 0.6 is 15.9 Å². The van der Waals surface area contributed by atoms with Crippen molar-refractivity contribution in [1.82, 2.24) is 9.55 Å². The molecular weight excluding hydrogens is 234 g/mol. The normalized spacial score (nSPS) is 10.8. The maximum Gasteiger partial charge on any atom is 0.281 e. The van der Waals surface area contributed by atoms with E-state index in [1.807, 2.05) is 0 Å². The van der Waals surface area contributed by atoms with Crippen LogP contribution in [-0.4, -0.2) is 9.55 Å². The Morgan fingerprint density at radius 3 is 2.75 bits per heavy atom. The molecule has 12 heavy (non-hydrogen) atoms. The Bertz CT molecular complexity index is 350. The molecule has 0 saturated carbocycles. The largest absolute Gasteiger partial charge is 0.301 e. The van der Waals surface area contributed by atoms with Gasteiger partial charge < -0.3 is 4.57 Å². The molecule has 0 N–H and O–H groups in total. The third kappa shape index (κ3) is 1.52. The van der Waals surface area contributed by atoms with E-state index in [1.165, 1.54) is 7.05 Å². The highest BCUT2D eigenvalue weighted by Gasteiger charge is 2.15. The van der Waals surface area contributed by atoms with E-state index in [2.05, 4.69) is 20.9 Å². The Morgan fingerprint density at radius 1 is 1.67 bits per heavy atom. The van der Waals surface area contributed by atoms with Crippen LogP contribution in [0.2, 0.25) is 0 Å². The van der Waals surface area contributed by atoms with E-state index >= 15 is 0 Å². The van der Waals surface area contributed by atoms with Gasteiger partial charge in [-0.2, -0.15) is 0 Å². The molecule has 0 aliphatic heterocycles. The van der Waals surface area contributed by atoms with Gasteiger partial charge in [0, 0.05) is 7.05 Å². The van der Waals surface area contributed by atoms with E-state index in [-0.39, 0.29) is 4.47 Å². The molecule has 0 aromatic carbocycles. The first-order valence-corrected chi connectivity index (χ1v) is 3.82. The zero-order valence-corrected chi connectivity index (χ0v) is 7.68. The van der Waals surface area contributed by atoms with Crippen LogP contribution in [0.5, 0.6) is 0 Å². The van der Waals surface area contributed by atoms with Crippen molar-refractivity contribution in [3.8, 4) is 0 Å². The van der Waals surface area contributed by atoms with Gasteiger partial charge in [-0.1, -0.05) is 0 Å². The van der Waals surface area contributed by atoms with Gasteiger partial charge in [0.25, 0.3) is 12.0 Å². The first kappa shape index (κ1) is 9.31. The van der Waals surface area contributed by atoms with E-state index in [0.29, 0.717) is 0 Å². The molecule has 0 saturated heterocycles. The van der Waals surface area contributed by atoms with E-state index in [4.69, 9.17) is 0 Å². The summed E-state index contributed by atoms with van der Waals surface area (Å²) in [5.41, 5.74) is -1.03. The van der Waals surface area contributed by atoms with Gasteiger partial charge in [0.15, 0.2) is 0 Å². The second-order valence-corrected chi connectivity index (χ2v) is 2.95. The van der Waals surface area contributed by atoms with Crippen LogP contribution in [0.25, 0.3) is 0 Å². The second kappa shape index (κ2) is 3.30. The van der Waals surface area contributed by atoms with E-state index in [1.54, 1.807) is 0 Å². The molecule has 0 unspecified atom stereocenters. The lowest BCUT2D eigenvalue weighted by Crippen LogP contribution is -2.19. The van der Waals surface area contributed by atoms with Crippen molar-refractivity contribution in [2.45, 2.75) is 6.43 Å². The predicted octanol–water partition coefficient (Wildman–Crippen LogP) is 1.48. The van der Waals surface area contributed by atoms with Gasteiger partial charge in [-0.05, 0) is 15.9 Å². The third-order valence-electron chi connectivity index (χ3n) is 1.31. The average Bonchev–Trinajstić information content (AvgIpc) is 2.00. The summed E-state index contributed by atoms with van der Waals surface area (Å²) >= 11 is 2.76. The summed E-state index contributed by atoms with van der Waals surface area (Å²) in [5, 5.41) is 0. The molecule has 1 aromatic heterocycles. The lowest BCUT2D eigenvalue weighted by atomic mass is 10.4. The van der Waals surface area contributed by atoms with Gasteiger partial charge in [0.2, 0.25) is 0 Å². The number of hydrogen-bond donors (Lipinski definition) is 0. The molecule has 0 fully saturated rings. The van der Waals surface area contributed by atoms with Crippen molar-refractivity contribution in [3.63, 3.8) is 0 Å². The van der Waals surface area contributed by atoms with Crippen LogP contribution in [0.3, 0.4) is 0 Å². The zero-order valence-electron chi connectivity index (χ0n) is 6.09. The van der Waals surface area contributed by atoms with Crippen molar-refractivity contribution >= 4 is 15.9 Å². The summed E-state index contributed by atoms with van der Waals surface area (Å²) in [6.07, 6.45) is -1.66. The van der Waals surface area contributed by atoms with E-state index < -0.39 is 17.7 Å². The van der Waals surface area contributed by atoms with E-state index in [0.717, 1.165) is 10.9 Å². The van der Waals surface area contributed by atoms with Crippen molar-refractivity contribution < 1.29 is 8.78 Å². The molecule has 0 radical (unpaired) electrons. The molecule has 1 rings (SSSR count). The number of halogens is 3. The third-order valence-corrected chi connectivity index (χ3v) is 2.06. The fraction of sp³-hybridized carbons (Fsp3) is 0.333. The first-order valence-electron chi connectivity index (χ1n) is 3.03. The number of rotatable bonds is 1. The highest BCUT2D eigenvalue weighted by Crippen LogP contribution is 2.21. The predicted molar refractivity (Wildman–Crippen MR) is 42.1 cm³/mol. The monoisotopic (exact) mass is 238 g/mol. The number of hydrogen-bond acceptors (Lipinski definition) is 2. The highest BCUT2D eigenvalue weighted by atomic mass is 79.9. The maximum atomic E-state index is 12.1. The summed E-state index contributed by atoms with van der Waals surface area (Å²) in [6, 6.07) is 0. The minimum Gasteiger partial charge on any atom is -0.301 e. The molecule has 1 heterocycles. The zero-order chi connectivity index (χ0) is 9.30. The minimum atomic E-state index is -2.73. The fourth-order valence-electron chi connectivity index (χ4n) is 0.674. The van der Waals surface area contributed by atoms with Crippen molar-refractivity contribution in [3.05, 3.63) is 26.8 Å². The number of nitrogens with zero attached hydrogens (tertiary/aromatic N) is 2. The first-order chi connectivity index (χ1) is 5.54. The summed E-state index contributed by atoms with van der Waals surface area (Å²) in [5.74, 6) is 0. The van der Waals surface area contributed by atoms with Gasteiger partial charge in [0.05, 0.1) is 6.33 Å². The van der Waals surface area contributed by atoms with Gasteiger partial charge >= 0.3 is 0 Å². The molecule has 0 aliphatic carbocycles. The lowest BCUT2D eigenvalue weighted by molar-refractivity contribution is 0.144. The molecule has 0 aliphatic rings. The Balaban J connectivity index is 3.37. The average molecular weight is 239 g/mol. The van der Waals surface area contributed by atoms with Crippen molar-refractivity contribution in [2.24, 2.45) is 7.05 Å². The van der Waals surface area contributed by atoms with Crippen LogP contribution in [0.1, 0.15) is 12.1 Å². The summed E-state index contributed by atoms with van der Waals surface area (Å²) in [7, 11) is 1.44. The van der Waals surface area contributed by atoms with Crippen LogP contribution in [0, 0.1) is 0 Å². The van der Waals surface area contributed by atoms with Gasteiger partial charge in [-0.15, -0.1) is 0 Å². The summed E-state index contributed by atoms with van der Waals surface area (Å²) in [4.78, 5) is 14.4. The molecule has 0 atom stereocenters. The van der Waals surface area contributed by atoms with Crippen LogP contribution < -0.4 is 5.56 Å². The number of aryl methyl sites for hydroxylation is 1. The molecule has 0 spiro atoms. The minimum absolute atomic E-state index is 0.178. The Labute approximate surface area is 75.2 Å². The topological polar surface area (TPSA) is 34.9 Å². The van der Waals surface area contributed by atoms with Gasteiger partial charge in [0.1, 0.15) is 10.2 Å². The molecule has 3 nitrogen and oxygen atoms in total. The number of aromatic nitrogens is 2. The second-order valence-electron chi connectivity index (χ2n) is 2.16. The molecular formula is C6H5BrF2N2O. The molecule has 0 amide bonds. The molecule has 0 bridgehead atoms. The van der Waals surface area contributed by atoms with Crippen LogP contribution in [0.4, 0.5) is 8.78 Å². The van der Waals surface area contributed by atoms with Gasteiger partial charge in [-0.25, -0.2) is 13.8 Å². The van der Waals surface area contributed by atoms with Crippen LogP contribution in [0.15, 0.2) is 15.6 Å². The Morgan fingerprint density at radius 2 is 2.25 bits per heavy atom. The standard InChI is InChI=1S/C6H5BrF2N2O/c1-11-2-10-4(5(8)9)3(7)6(11)12/h2,5H,1H3. The van der Waals surface area contributed by atoms with Crippen molar-refractivity contribution in [2.75, 3.05) is 0 Å². The highest BCUT2D eigenvalue weighted by molar-refractivity contribution is 9.10. The maximum absolute atomic E-state index is 12.1. The quantitative estimate of drug-likeness (QED) is 0.743.